The molecule has 2 amide bonds. The number of fused-ring (bicyclic) bond motifs is 1. The van der Waals surface area contributed by atoms with E-state index in [0.717, 1.165) is 22.2 Å². The van der Waals surface area contributed by atoms with Gasteiger partial charge in [-0.25, -0.2) is 4.98 Å². The smallest absolute Gasteiger partial charge is 0.252 e. The van der Waals surface area contributed by atoms with E-state index in [4.69, 9.17) is 0 Å². The number of rotatable bonds is 5. The van der Waals surface area contributed by atoms with Crippen molar-refractivity contribution in [2.75, 3.05) is 11.9 Å². The van der Waals surface area contributed by atoms with Gasteiger partial charge in [-0.3, -0.25) is 14.6 Å². The van der Waals surface area contributed by atoms with Crippen LogP contribution in [0.1, 0.15) is 28.0 Å². The number of anilines is 1. The summed E-state index contributed by atoms with van der Waals surface area (Å²) in [5, 5.41) is 8.65. The highest BCUT2D eigenvalue weighted by Gasteiger charge is 2.13. The number of pyridine rings is 1. The van der Waals surface area contributed by atoms with Crippen LogP contribution in [0.15, 0.2) is 35.8 Å². The first-order valence-electron chi connectivity index (χ1n) is 7.89. The summed E-state index contributed by atoms with van der Waals surface area (Å²) in [6.07, 6.45) is 1.81. The summed E-state index contributed by atoms with van der Waals surface area (Å²) < 4.78 is 0. The molecule has 6 nitrogen and oxygen atoms in total. The van der Waals surface area contributed by atoms with E-state index in [2.05, 4.69) is 20.6 Å². The first-order chi connectivity index (χ1) is 12.0. The number of amides is 2. The third-order valence-electron chi connectivity index (χ3n) is 3.73. The Bertz CT molecular complexity index is 922. The molecule has 2 aromatic heterocycles. The molecule has 0 bridgehead atoms. The van der Waals surface area contributed by atoms with Crippen LogP contribution in [0.3, 0.4) is 0 Å². The van der Waals surface area contributed by atoms with Crippen molar-refractivity contribution >= 4 is 39.2 Å². The van der Waals surface area contributed by atoms with Crippen molar-refractivity contribution in [3.05, 3.63) is 52.7 Å². The Balaban J connectivity index is 1.66. The molecule has 3 rings (SSSR count). The first kappa shape index (κ1) is 17.0. The minimum atomic E-state index is -0.205. The van der Waals surface area contributed by atoms with Crippen molar-refractivity contribution in [3.8, 4) is 0 Å². The zero-order valence-corrected chi connectivity index (χ0v) is 14.8. The summed E-state index contributed by atoms with van der Waals surface area (Å²) in [4.78, 5) is 32.9. The van der Waals surface area contributed by atoms with E-state index in [9.17, 15) is 9.59 Å². The van der Waals surface area contributed by atoms with Crippen LogP contribution in [0.25, 0.3) is 10.9 Å². The summed E-state index contributed by atoms with van der Waals surface area (Å²) in [6.45, 7) is 4.09. The maximum atomic E-state index is 12.5. The summed E-state index contributed by atoms with van der Waals surface area (Å²) in [6, 6.07) is 7.54. The van der Waals surface area contributed by atoms with Crippen molar-refractivity contribution in [2.45, 2.75) is 20.3 Å². The van der Waals surface area contributed by atoms with Crippen LogP contribution >= 0.6 is 11.3 Å². The van der Waals surface area contributed by atoms with E-state index < -0.39 is 0 Å². The van der Waals surface area contributed by atoms with Crippen LogP contribution < -0.4 is 10.6 Å². The molecule has 0 aliphatic heterocycles. The van der Waals surface area contributed by atoms with Crippen LogP contribution in [-0.4, -0.2) is 28.3 Å². The standard InChI is InChI=1S/C18H18N4O2S/c1-11-4-3-5-13-14(10-12(2)21-16(11)13)17(24)19-7-6-15(23)22-18-20-8-9-25-18/h3-5,8-10H,6-7H2,1-2H3,(H,19,24)(H,20,22,23). The van der Waals surface area contributed by atoms with Crippen LogP contribution in [0.2, 0.25) is 0 Å². The van der Waals surface area contributed by atoms with Gasteiger partial charge in [-0.1, -0.05) is 18.2 Å². The quantitative estimate of drug-likeness (QED) is 0.737. The fourth-order valence-electron chi connectivity index (χ4n) is 2.56. The number of aromatic nitrogens is 2. The number of nitrogens with zero attached hydrogens (tertiary/aromatic N) is 2. The number of carbonyl (C=O) groups is 2. The topological polar surface area (TPSA) is 84.0 Å². The SMILES string of the molecule is Cc1cc(C(=O)NCCC(=O)Nc2nccs2)c2cccc(C)c2n1. The van der Waals surface area contributed by atoms with Crippen LogP contribution in [0.4, 0.5) is 5.13 Å². The average Bonchev–Trinajstić information content (AvgIpc) is 3.08. The minimum absolute atomic E-state index is 0.179. The highest BCUT2D eigenvalue weighted by atomic mass is 32.1. The zero-order valence-electron chi connectivity index (χ0n) is 14.0. The highest BCUT2D eigenvalue weighted by Crippen LogP contribution is 2.21. The Kier molecular flexibility index (Phi) is 5.04. The molecule has 1 aromatic carbocycles. The predicted molar refractivity (Wildman–Crippen MR) is 98.9 cm³/mol. The third kappa shape index (κ3) is 4.00. The van der Waals surface area contributed by atoms with Crippen molar-refractivity contribution in [1.82, 2.24) is 15.3 Å². The van der Waals surface area contributed by atoms with Gasteiger partial charge in [-0.05, 0) is 25.5 Å². The maximum Gasteiger partial charge on any atom is 0.252 e. The molecule has 7 heteroatoms. The molecular weight excluding hydrogens is 336 g/mol. The Morgan fingerprint density at radius 3 is 2.84 bits per heavy atom. The van der Waals surface area contributed by atoms with Gasteiger partial charge in [0.1, 0.15) is 0 Å². The van der Waals surface area contributed by atoms with E-state index in [1.165, 1.54) is 11.3 Å². The third-order valence-corrected chi connectivity index (χ3v) is 4.42. The van der Waals surface area contributed by atoms with Gasteiger partial charge in [-0.15, -0.1) is 11.3 Å². The number of hydrogen-bond acceptors (Lipinski definition) is 5. The molecule has 0 saturated carbocycles. The number of thiazole rings is 1. The molecule has 128 valence electrons. The number of benzene rings is 1. The van der Waals surface area contributed by atoms with Gasteiger partial charge in [0.2, 0.25) is 5.91 Å². The lowest BCUT2D eigenvalue weighted by Gasteiger charge is -2.10. The summed E-state index contributed by atoms with van der Waals surface area (Å²) >= 11 is 1.35. The molecule has 2 heterocycles. The lowest BCUT2D eigenvalue weighted by atomic mass is 10.0. The highest BCUT2D eigenvalue weighted by molar-refractivity contribution is 7.13. The van der Waals surface area contributed by atoms with Crippen LogP contribution in [0.5, 0.6) is 0 Å². The monoisotopic (exact) mass is 354 g/mol. The Morgan fingerprint density at radius 1 is 1.24 bits per heavy atom. The molecule has 0 atom stereocenters. The molecule has 0 unspecified atom stereocenters. The number of nitrogens with one attached hydrogen (secondary N) is 2. The van der Waals surface area contributed by atoms with Crippen molar-refractivity contribution in [3.63, 3.8) is 0 Å². The van der Waals surface area contributed by atoms with Gasteiger partial charge in [0, 0.05) is 35.6 Å². The molecular formula is C18H18N4O2S. The van der Waals surface area contributed by atoms with Gasteiger partial charge in [0.05, 0.1) is 11.1 Å². The summed E-state index contributed by atoms with van der Waals surface area (Å²) in [7, 11) is 0. The molecule has 3 aromatic rings. The van der Waals surface area contributed by atoms with Crippen LogP contribution in [-0.2, 0) is 4.79 Å². The molecule has 0 radical (unpaired) electrons. The number of hydrogen-bond donors (Lipinski definition) is 2. The van der Waals surface area contributed by atoms with Crippen molar-refractivity contribution < 1.29 is 9.59 Å². The zero-order chi connectivity index (χ0) is 17.8. The van der Waals surface area contributed by atoms with Gasteiger partial charge in [0.25, 0.3) is 5.91 Å². The second-order valence-electron chi connectivity index (χ2n) is 5.67. The second-order valence-corrected chi connectivity index (χ2v) is 6.57. The molecule has 25 heavy (non-hydrogen) atoms. The Hall–Kier alpha value is -2.80. The molecule has 0 aliphatic rings. The second kappa shape index (κ2) is 7.40. The maximum absolute atomic E-state index is 12.5. The fourth-order valence-corrected chi connectivity index (χ4v) is 3.10. The molecule has 2 N–H and O–H groups in total. The Morgan fingerprint density at radius 2 is 2.08 bits per heavy atom. The first-order valence-corrected chi connectivity index (χ1v) is 8.77. The van der Waals surface area contributed by atoms with Crippen molar-refractivity contribution in [1.29, 1.82) is 0 Å². The lowest BCUT2D eigenvalue weighted by molar-refractivity contribution is -0.116. The predicted octanol–water partition coefficient (Wildman–Crippen LogP) is 3.07. The summed E-state index contributed by atoms with van der Waals surface area (Å²) in [5.41, 5.74) is 3.22. The van der Waals surface area contributed by atoms with E-state index in [1.807, 2.05) is 32.0 Å². The number of carbonyl (C=O) groups excluding carboxylic acids is 2. The number of para-hydroxylation sites is 1. The van der Waals surface area contributed by atoms with E-state index in [0.29, 0.717) is 10.7 Å². The molecule has 0 fully saturated rings. The fraction of sp³-hybridized carbons (Fsp3) is 0.222. The Labute approximate surface area is 149 Å². The van der Waals surface area contributed by atoms with Gasteiger partial charge >= 0.3 is 0 Å². The summed E-state index contributed by atoms with van der Waals surface area (Å²) in [5.74, 6) is -0.384. The number of aryl methyl sites for hydroxylation is 2. The molecule has 0 saturated heterocycles. The molecule has 0 spiro atoms. The average molecular weight is 354 g/mol. The van der Waals surface area contributed by atoms with E-state index >= 15 is 0 Å². The van der Waals surface area contributed by atoms with E-state index in [-0.39, 0.29) is 24.8 Å². The largest absolute Gasteiger partial charge is 0.351 e. The normalized spacial score (nSPS) is 10.6. The van der Waals surface area contributed by atoms with Crippen LogP contribution in [0, 0.1) is 13.8 Å². The lowest BCUT2D eigenvalue weighted by Crippen LogP contribution is -2.28. The van der Waals surface area contributed by atoms with Gasteiger partial charge in [0.15, 0.2) is 5.13 Å². The molecule has 0 aliphatic carbocycles. The van der Waals surface area contributed by atoms with E-state index in [1.54, 1.807) is 17.6 Å². The van der Waals surface area contributed by atoms with Gasteiger partial charge < -0.3 is 10.6 Å². The minimum Gasteiger partial charge on any atom is -0.351 e. The van der Waals surface area contributed by atoms with Gasteiger partial charge in [-0.2, -0.15) is 0 Å². The van der Waals surface area contributed by atoms with Crippen molar-refractivity contribution in [2.24, 2.45) is 0 Å².